The topological polar surface area (TPSA) is 72.6 Å². The van der Waals surface area contributed by atoms with E-state index in [9.17, 15) is 9.59 Å². The highest BCUT2D eigenvalue weighted by atomic mass is 16.5. The van der Waals surface area contributed by atoms with Gasteiger partial charge in [0.15, 0.2) is 0 Å². The SMILES string of the molecule is CO[C@H]1C[C@H]2CC[C@@H](C1)N2C(=O)C1(C(N)=O)CC1. The molecule has 5 nitrogen and oxygen atoms in total. The van der Waals surface area contributed by atoms with Crippen molar-refractivity contribution in [2.75, 3.05) is 7.11 Å². The molecule has 1 saturated carbocycles. The predicted octanol–water partition coefficient (Wildman–Crippen LogP) is 0.420. The molecule has 3 rings (SSSR count). The fourth-order valence-electron chi connectivity index (χ4n) is 3.59. The van der Waals surface area contributed by atoms with Gasteiger partial charge in [0.25, 0.3) is 0 Å². The zero-order valence-corrected chi connectivity index (χ0v) is 10.7. The van der Waals surface area contributed by atoms with E-state index in [2.05, 4.69) is 0 Å². The highest BCUT2D eigenvalue weighted by molar-refractivity contribution is 6.07. The smallest absolute Gasteiger partial charge is 0.238 e. The molecule has 3 fully saturated rings. The summed E-state index contributed by atoms with van der Waals surface area (Å²) in [5.74, 6) is -0.460. The number of carbonyl (C=O) groups is 2. The lowest BCUT2D eigenvalue weighted by atomic mass is 9.95. The van der Waals surface area contributed by atoms with Gasteiger partial charge in [-0.05, 0) is 38.5 Å². The van der Waals surface area contributed by atoms with Crippen molar-refractivity contribution < 1.29 is 14.3 Å². The van der Waals surface area contributed by atoms with Gasteiger partial charge in [0, 0.05) is 19.2 Å². The molecule has 3 atom stereocenters. The first-order chi connectivity index (χ1) is 8.58. The Balaban J connectivity index is 1.78. The first kappa shape index (κ1) is 12.0. The number of piperidine rings is 1. The number of carbonyl (C=O) groups excluding carboxylic acids is 2. The third-order valence-corrected chi connectivity index (χ3v) is 4.89. The number of nitrogens with zero attached hydrogens (tertiary/aromatic N) is 1. The summed E-state index contributed by atoms with van der Waals surface area (Å²) in [6.45, 7) is 0. The predicted molar refractivity (Wildman–Crippen MR) is 64.5 cm³/mol. The summed E-state index contributed by atoms with van der Waals surface area (Å²) in [5, 5.41) is 0. The van der Waals surface area contributed by atoms with Gasteiger partial charge in [0.1, 0.15) is 5.41 Å². The number of methoxy groups -OCH3 is 1. The summed E-state index contributed by atoms with van der Waals surface area (Å²) in [6.07, 6.45) is 5.38. The molecule has 0 radical (unpaired) electrons. The van der Waals surface area contributed by atoms with E-state index in [0.29, 0.717) is 12.8 Å². The van der Waals surface area contributed by atoms with Gasteiger partial charge >= 0.3 is 0 Å². The van der Waals surface area contributed by atoms with Crippen molar-refractivity contribution in [3.05, 3.63) is 0 Å². The number of primary amides is 1. The van der Waals surface area contributed by atoms with Crippen LogP contribution in [-0.2, 0) is 14.3 Å². The van der Waals surface area contributed by atoms with Crippen molar-refractivity contribution in [1.82, 2.24) is 4.90 Å². The zero-order valence-electron chi connectivity index (χ0n) is 10.7. The maximum atomic E-state index is 12.6. The number of rotatable bonds is 3. The molecule has 0 aromatic carbocycles. The van der Waals surface area contributed by atoms with E-state index in [0.717, 1.165) is 25.7 Å². The van der Waals surface area contributed by atoms with Crippen molar-refractivity contribution in [2.24, 2.45) is 11.1 Å². The average molecular weight is 252 g/mol. The first-order valence-corrected chi connectivity index (χ1v) is 6.74. The summed E-state index contributed by atoms with van der Waals surface area (Å²) in [7, 11) is 1.73. The molecule has 2 N–H and O–H groups in total. The molecule has 5 heteroatoms. The van der Waals surface area contributed by atoms with Gasteiger partial charge in [-0.15, -0.1) is 0 Å². The Hall–Kier alpha value is -1.10. The Bertz CT molecular complexity index is 378. The van der Waals surface area contributed by atoms with E-state index < -0.39 is 11.3 Å². The van der Waals surface area contributed by atoms with E-state index in [-0.39, 0.29) is 24.1 Å². The third-order valence-electron chi connectivity index (χ3n) is 4.89. The number of fused-ring (bicyclic) bond motifs is 2. The Kier molecular flexibility index (Phi) is 2.62. The first-order valence-electron chi connectivity index (χ1n) is 6.74. The summed E-state index contributed by atoms with van der Waals surface area (Å²) in [4.78, 5) is 26.0. The van der Waals surface area contributed by atoms with Gasteiger partial charge in [-0.3, -0.25) is 9.59 Å². The monoisotopic (exact) mass is 252 g/mol. The van der Waals surface area contributed by atoms with E-state index in [1.807, 2.05) is 4.90 Å². The number of amides is 2. The number of ether oxygens (including phenoxy) is 1. The van der Waals surface area contributed by atoms with E-state index in [1.54, 1.807) is 7.11 Å². The van der Waals surface area contributed by atoms with Crippen molar-refractivity contribution in [1.29, 1.82) is 0 Å². The van der Waals surface area contributed by atoms with E-state index >= 15 is 0 Å². The number of hydrogen-bond donors (Lipinski definition) is 1. The van der Waals surface area contributed by atoms with Crippen LogP contribution in [0.25, 0.3) is 0 Å². The van der Waals surface area contributed by atoms with Gasteiger partial charge in [-0.1, -0.05) is 0 Å². The lowest BCUT2D eigenvalue weighted by Gasteiger charge is -2.39. The molecular weight excluding hydrogens is 232 g/mol. The van der Waals surface area contributed by atoms with Crippen molar-refractivity contribution in [2.45, 2.75) is 56.7 Å². The van der Waals surface area contributed by atoms with Gasteiger partial charge in [-0.25, -0.2) is 0 Å². The quantitative estimate of drug-likeness (QED) is 0.740. The van der Waals surface area contributed by atoms with Gasteiger partial charge in [0.05, 0.1) is 6.10 Å². The van der Waals surface area contributed by atoms with E-state index in [4.69, 9.17) is 10.5 Å². The van der Waals surface area contributed by atoms with Crippen molar-refractivity contribution in [3.8, 4) is 0 Å². The second kappa shape index (κ2) is 3.95. The lowest BCUT2D eigenvalue weighted by Crippen LogP contribution is -2.53. The third kappa shape index (κ3) is 1.56. The lowest BCUT2D eigenvalue weighted by molar-refractivity contribution is -0.148. The molecule has 100 valence electrons. The molecule has 1 aliphatic carbocycles. The van der Waals surface area contributed by atoms with Crippen LogP contribution in [0.2, 0.25) is 0 Å². The van der Waals surface area contributed by atoms with Crippen LogP contribution in [0.4, 0.5) is 0 Å². The molecule has 18 heavy (non-hydrogen) atoms. The molecule has 2 saturated heterocycles. The normalized spacial score (nSPS) is 36.5. The van der Waals surface area contributed by atoms with Gasteiger partial charge in [0.2, 0.25) is 11.8 Å². The molecule has 0 aromatic heterocycles. The minimum atomic E-state index is -0.860. The van der Waals surface area contributed by atoms with Crippen LogP contribution in [-0.4, -0.2) is 42.0 Å². The van der Waals surface area contributed by atoms with Crippen LogP contribution in [0.15, 0.2) is 0 Å². The minimum absolute atomic E-state index is 0.0166. The summed E-state index contributed by atoms with van der Waals surface area (Å²) in [5.41, 5.74) is 4.53. The average Bonchev–Trinajstić information content (AvgIpc) is 3.11. The molecule has 2 aliphatic heterocycles. The summed E-state index contributed by atoms with van der Waals surface area (Å²) < 4.78 is 5.42. The highest BCUT2D eigenvalue weighted by Crippen LogP contribution is 2.50. The maximum absolute atomic E-state index is 12.6. The molecule has 2 bridgehead atoms. The fourth-order valence-corrected chi connectivity index (χ4v) is 3.59. The van der Waals surface area contributed by atoms with E-state index in [1.165, 1.54) is 0 Å². The molecular formula is C13H20N2O3. The second-order valence-corrected chi connectivity index (χ2v) is 5.87. The Morgan fingerprint density at radius 3 is 2.17 bits per heavy atom. The van der Waals surface area contributed by atoms with Crippen LogP contribution in [0.3, 0.4) is 0 Å². The van der Waals surface area contributed by atoms with Crippen molar-refractivity contribution in [3.63, 3.8) is 0 Å². The Morgan fingerprint density at radius 1 is 1.22 bits per heavy atom. The second-order valence-electron chi connectivity index (χ2n) is 5.87. The van der Waals surface area contributed by atoms with Crippen LogP contribution in [0, 0.1) is 5.41 Å². The Morgan fingerprint density at radius 2 is 1.78 bits per heavy atom. The summed E-state index contributed by atoms with van der Waals surface area (Å²) >= 11 is 0. The van der Waals surface area contributed by atoms with Crippen LogP contribution < -0.4 is 5.73 Å². The number of nitrogens with two attached hydrogens (primary N) is 1. The van der Waals surface area contributed by atoms with Crippen LogP contribution in [0.1, 0.15) is 38.5 Å². The molecule has 0 spiro atoms. The van der Waals surface area contributed by atoms with Crippen LogP contribution >= 0.6 is 0 Å². The van der Waals surface area contributed by atoms with Crippen LogP contribution in [0.5, 0.6) is 0 Å². The largest absolute Gasteiger partial charge is 0.381 e. The molecule has 3 aliphatic rings. The minimum Gasteiger partial charge on any atom is -0.381 e. The molecule has 2 heterocycles. The van der Waals surface area contributed by atoms with Gasteiger partial charge < -0.3 is 15.4 Å². The fraction of sp³-hybridized carbons (Fsp3) is 0.846. The molecule has 0 unspecified atom stereocenters. The van der Waals surface area contributed by atoms with Gasteiger partial charge in [-0.2, -0.15) is 0 Å². The molecule has 0 aromatic rings. The zero-order chi connectivity index (χ0) is 12.9. The Labute approximate surface area is 107 Å². The number of hydrogen-bond acceptors (Lipinski definition) is 3. The maximum Gasteiger partial charge on any atom is 0.238 e. The molecule has 2 amide bonds. The van der Waals surface area contributed by atoms with Crippen molar-refractivity contribution >= 4 is 11.8 Å². The summed E-state index contributed by atoms with van der Waals surface area (Å²) in [6, 6.07) is 0.496. The highest BCUT2D eigenvalue weighted by Gasteiger charge is 2.60. The standard InChI is InChI=1S/C13H20N2O3/c1-18-10-6-8-2-3-9(7-10)15(8)12(17)13(4-5-13)11(14)16/h8-10H,2-7H2,1H3,(H2,14,16)/t8-,9+,10+.